The van der Waals surface area contributed by atoms with Crippen LogP contribution in [0, 0.1) is 0 Å². The molecule has 0 saturated carbocycles. The van der Waals surface area contributed by atoms with Crippen LogP contribution in [0.2, 0.25) is 0 Å². The molecule has 0 saturated heterocycles. The average Bonchev–Trinajstić information content (AvgIpc) is 2.32. The number of rotatable bonds is 3. The Bertz CT molecular complexity index is 522. The molecular weight excluding hydrogens is 268 g/mol. The predicted molar refractivity (Wildman–Crippen MR) is 66.4 cm³/mol. The van der Waals surface area contributed by atoms with Crippen molar-refractivity contribution >= 4 is 15.9 Å². The van der Waals surface area contributed by atoms with E-state index < -0.39 is 0 Å². The van der Waals surface area contributed by atoms with E-state index in [0.29, 0.717) is 4.47 Å². The monoisotopic (exact) mass is 278 g/mol. The van der Waals surface area contributed by atoms with E-state index in [-0.39, 0.29) is 5.56 Å². The Labute approximate surface area is 102 Å². The minimum Gasteiger partial charge on any atom is -0.310 e. The van der Waals surface area contributed by atoms with E-state index in [1.807, 2.05) is 18.2 Å². The molecular formula is C12H11BrN2O. The molecule has 1 aromatic carbocycles. The van der Waals surface area contributed by atoms with E-state index in [2.05, 4.69) is 38.0 Å². The number of hydrogen-bond donors (Lipinski definition) is 1. The zero-order chi connectivity index (χ0) is 11.4. The Morgan fingerprint density at radius 2 is 1.94 bits per heavy atom. The van der Waals surface area contributed by atoms with Crippen molar-refractivity contribution in [1.82, 2.24) is 9.97 Å². The van der Waals surface area contributed by atoms with Gasteiger partial charge in [-0.25, -0.2) is 4.98 Å². The largest absolute Gasteiger partial charge is 0.310 e. The molecule has 0 aliphatic carbocycles. The van der Waals surface area contributed by atoms with Crippen LogP contribution in [0.3, 0.4) is 0 Å². The molecule has 0 atom stereocenters. The number of hydrogen-bond acceptors (Lipinski definition) is 2. The van der Waals surface area contributed by atoms with Crippen LogP contribution in [0.15, 0.2) is 45.8 Å². The van der Waals surface area contributed by atoms with Gasteiger partial charge in [-0.1, -0.05) is 30.3 Å². The van der Waals surface area contributed by atoms with E-state index >= 15 is 0 Å². The highest BCUT2D eigenvalue weighted by molar-refractivity contribution is 9.10. The zero-order valence-electron chi connectivity index (χ0n) is 8.61. The highest BCUT2D eigenvalue weighted by atomic mass is 79.9. The number of H-pyrrole nitrogens is 1. The lowest BCUT2D eigenvalue weighted by Gasteiger charge is -2.01. The Morgan fingerprint density at radius 1 is 1.19 bits per heavy atom. The summed E-state index contributed by atoms with van der Waals surface area (Å²) in [5, 5.41) is 0. The first-order valence-electron chi connectivity index (χ1n) is 5.03. The lowest BCUT2D eigenvalue weighted by molar-refractivity contribution is 0.843. The van der Waals surface area contributed by atoms with Crippen LogP contribution in [-0.2, 0) is 12.8 Å². The molecule has 3 nitrogen and oxygen atoms in total. The van der Waals surface area contributed by atoms with Gasteiger partial charge in [-0.3, -0.25) is 4.79 Å². The van der Waals surface area contributed by atoms with E-state index in [1.165, 1.54) is 5.56 Å². The Morgan fingerprint density at radius 3 is 2.62 bits per heavy atom. The van der Waals surface area contributed by atoms with Gasteiger partial charge in [0.25, 0.3) is 5.56 Å². The Hall–Kier alpha value is -1.42. The maximum Gasteiger partial charge on any atom is 0.265 e. The number of aryl methyl sites for hydroxylation is 2. The molecule has 1 heterocycles. The molecule has 1 N–H and O–H groups in total. The zero-order valence-corrected chi connectivity index (χ0v) is 10.2. The number of nitrogens with zero attached hydrogens (tertiary/aromatic N) is 1. The van der Waals surface area contributed by atoms with Crippen molar-refractivity contribution in [2.45, 2.75) is 12.8 Å². The minimum absolute atomic E-state index is 0.127. The summed E-state index contributed by atoms with van der Waals surface area (Å²) in [6.45, 7) is 0. The van der Waals surface area contributed by atoms with Crippen LogP contribution in [-0.4, -0.2) is 9.97 Å². The number of nitrogens with one attached hydrogen (secondary N) is 1. The van der Waals surface area contributed by atoms with Crippen molar-refractivity contribution in [1.29, 1.82) is 0 Å². The summed E-state index contributed by atoms with van der Waals surface area (Å²) >= 11 is 3.12. The maximum atomic E-state index is 11.3. The van der Waals surface area contributed by atoms with Crippen LogP contribution in [0.25, 0.3) is 0 Å². The van der Waals surface area contributed by atoms with Gasteiger partial charge in [-0.15, -0.1) is 0 Å². The maximum absolute atomic E-state index is 11.3. The summed E-state index contributed by atoms with van der Waals surface area (Å²) in [6.07, 6.45) is 3.16. The van der Waals surface area contributed by atoms with Gasteiger partial charge in [0.05, 0.1) is 0 Å². The SMILES string of the molecule is O=c1[nH]c(CCc2ccccc2)ncc1Br. The highest BCUT2D eigenvalue weighted by Crippen LogP contribution is 2.04. The van der Waals surface area contributed by atoms with Crippen molar-refractivity contribution in [3.8, 4) is 0 Å². The van der Waals surface area contributed by atoms with Gasteiger partial charge in [0.15, 0.2) is 0 Å². The second-order valence-electron chi connectivity index (χ2n) is 3.49. The van der Waals surface area contributed by atoms with E-state index in [4.69, 9.17) is 0 Å². The lowest BCUT2D eigenvalue weighted by Crippen LogP contribution is -2.12. The topological polar surface area (TPSA) is 45.8 Å². The molecule has 1 aromatic heterocycles. The molecule has 0 unspecified atom stereocenters. The number of aromatic nitrogens is 2. The normalized spacial score (nSPS) is 10.3. The van der Waals surface area contributed by atoms with Crippen molar-refractivity contribution in [3.63, 3.8) is 0 Å². The van der Waals surface area contributed by atoms with Gasteiger partial charge in [-0.2, -0.15) is 0 Å². The summed E-state index contributed by atoms with van der Waals surface area (Å²) in [6, 6.07) is 10.1. The van der Waals surface area contributed by atoms with Crippen LogP contribution in [0.4, 0.5) is 0 Å². The van der Waals surface area contributed by atoms with Gasteiger partial charge in [0, 0.05) is 12.6 Å². The number of halogens is 1. The molecule has 0 radical (unpaired) electrons. The van der Waals surface area contributed by atoms with Crippen molar-refractivity contribution in [3.05, 3.63) is 62.7 Å². The summed E-state index contributed by atoms with van der Waals surface area (Å²) in [4.78, 5) is 18.2. The Balaban J connectivity index is 2.05. The second-order valence-corrected chi connectivity index (χ2v) is 4.35. The van der Waals surface area contributed by atoms with E-state index in [9.17, 15) is 4.79 Å². The second kappa shape index (κ2) is 5.07. The number of benzene rings is 1. The first-order chi connectivity index (χ1) is 7.75. The third-order valence-corrected chi connectivity index (χ3v) is 2.87. The quantitative estimate of drug-likeness (QED) is 0.937. The van der Waals surface area contributed by atoms with Gasteiger partial charge in [-0.05, 0) is 27.9 Å². The molecule has 16 heavy (non-hydrogen) atoms. The van der Waals surface area contributed by atoms with Crippen LogP contribution in [0.5, 0.6) is 0 Å². The molecule has 82 valence electrons. The van der Waals surface area contributed by atoms with Gasteiger partial charge in [0.1, 0.15) is 10.3 Å². The minimum atomic E-state index is -0.127. The molecule has 4 heteroatoms. The fraction of sp³-hybridized carbons (Fsp3) is 0.167. The molecule has 0 aliphatic heterocycles. The van der Waals surface area contributed by atoms with Crippen molar-refractivity contribution < 1.29 is 0 Å². The molecule has 0 amide bonds. The smallest absolute Gasteiger partial charge is 0.265 e. The van der Waals surface area contributed by atoms with Crippen molar-refractivity contribution in [2.24, 2.45) is 0 Å². The number of aromatic amines is 1. The molecule has 0 bridgehead atoms. The first kappa shape index (κ1) is 11.1. The summed E-state index contributed by atoms with van der Waals surface area (Å²) in [5.41, 5.74) is 1.12. The van der Waals surface area contributed by atoms with E-state index in [1.54, 1.807) is 6.20 Å². The van der Waals surface area contributed by atoms with Gasteiger partial charge in [0.2, 0.25) is 0 Å². The van der Waals surface area contributed by atoms with Crippen molar-refractivity contribution in [2.75, 3.05) is 0 Å². The third kappa shape index (κ3) is 2.79. The Kier molecular flexibility index (Phi) is 3.51. The summed E-state index contributed by atoms with van der Waals surface area (Å²) in [7, 11) is 0. The lowest BCUT2D eigenvalue weighted by atomic mass is 10.1. The molecule has 0 aliphatic rings. The third-order valence-electron chi connectivity index (χ3n) is 2.30. The van der Waals surface area contributed by atoms with Gasteiger partial charge < -0.3 is 4.98 Å². The molecule has 0 fully saturated rings. The predicted octanol–water partition coefficient (Wildman–Crippen LogP) is 2.32. The fourth-order valence-corrected chi connectivity index (χ4v) is 1.65. The molecule has 0 spiro atoms. The molecule has 2 rings (SSSR count). The average molecular weight is 279 g/mol. The summed E-state index contributed by atoms with van der Waals surface area (Å²) in [5.74, 6) is 0.719. The molecule has 2 aromatic rings. The highest BCUT2D eigenvalue weighted by Gasteiger charge is 2.00. The standard InChI is InChI=1S/C12H11BrN2O/c13-10-8-14-11(15-12(10)16)7-6-9-4-2-1-3-5-9/h1-5,8H,6-7H2,(H,14,15,16). The first-order valence-corrected chi connectivity index (χ1v) is 5.82. The van der Waals surface area contributed by atoms with E-state index in [0.717, 1.165) is 18.7 Å². The van der Waals surface area contributed by atoms with Crippen LogP contribution in [0.1, 0.15) is 11.4 Å². The fourth-order valence-electron chi connectivity index (χ4n) is 1.45. The van der Waals surface area contributed by atoms with Crippen LogP contribution < -0.4 is 5.56 Å². The van der Waals surface area contributed by atoms with Gasteiger partial charge >= 0.3 is 0 Å². The van der Waals surface area contributed by atoms with Crippen LogP contribution >= 0.6 is 15.9 Å². The summed E-state index contributed by atoms with van der Waals surface area (Å²) < 4.78 is 0.468.